The third-order valence-electron chi connectivity index (χ3n) is 4.74. The molecular weight excluding hydrogens is 334 g/mol. The highest BCUT2D eigenvalue weighted by atomic mass is 32.1. The second-order valence-electron chi connectivity index (χ2n) is 6.32. The Hall–Kier alpha value is -2.39. The van der Waals surface area contributed by atoms with Gasteiger partial charge in [0, 0.05) is 18.7 Å². The second-order valence-corrected chi connectivity index (χ2v) is 6.69. The quantitative estimate of drug-likeness (QED) is 0.612. The largest absolute Gasteiger partial charge is 0.478 e. The fourth-order valence-corrected chi connectivity index (χ4v) is 3.76. The van der Waals surface area contributed by atoms with Crippen LogP contribution in [-0.4, -0.2) is 40.5 Å². The lowest BCUT2D eigenvalue weighted by atomic mass is 9.94. The lowest BCUT2D eigenvalue weighted by molar-refractivity contribution is -0.124. The van der Waals surface area contributed by atoms with Gasteiger partial charge in [-0.05, 0) is 37.2 Å². The minimum absolute atomic E-state index is 0.0312. The molecule has 6 heteroatoms. The SMILES string of the molecule is CN1C(=S)N(C2CCCCC2)C(=O)/C1=C/c1ccccc1OCC#N. The number of nitriles is 1. The molecule has 5 nitrogen and oxygen atoms in total. The normalized spacial score (nSPS) is 20.2. The van der Waals surface area contributed by atoms with Crippen LogP contribution in [0.25, 0.3) is 6.08 Å². The zero-order valence-electron chi connectivity index (χ0n) is 14.3. The van der Waals surface area contributed by atoms with Crippen LogP contribution in [0.5, 0.6) is 5.75 Å². The Morgan fingerprint density at radius 1 is 1.32 bits per heavy atom. The molecule has 0 atom stereocenters. The van der Waals surface area contributed by atoms with Gasteiger partial charge < -0.3 is 9.64 Å². The van der Waals surface area contributed by atoms with Gasteiger partial charge >= 0.3 is 0 Å². The van der Waals surface area contributed by atoms with Crippen LogP contribution < -0.4 is 4.74 Å². The summed E-state index contributed by atoms with van der Waals surface area (Å²) in [4.78, 5) is 16.5. The summed E-state index contributed by atoms with van der Waals surface area (Å²) in [5.74, 6) is 0.536. The molecule has 1 saturated carbocycles. The molecule has 0 aromatic heterocycles. The highest BCUT2D eigenvalue weighted by Crippen LogP contribution is 2.31. The van der Waals surface area contributed by atoms with E-state index in [0.29, 0.717) is 16.6 Å². The van der Waals surface area contributed by atoms with E-state index < -0.39 is 0 Å². The van der Waals surface area contributed by atoms with Crippen molar-refractivity contribution in [3.63, 3.8) is 0 Å². The standard InChI is InChI=1S/C19H21N3O2S/c1-21-16(13-14-7-5-6-10-17(14)24-12-11-20)18(23)22(19(21)25)15-8-3-2-4-9-15/h5-7,10,13,15H,2-4,8-9,12H2,1H3/b16-13-. The van der Waals surface area contributed by atoms with Crippen LogP contribution in [-0.2, 0) is 4.79 Å². The summed E-state index contributed by atoms with van der Waals surface area (Å²) in [6, 6.07) is 9.54. The molecule has 2 aliphatic rings. The molecule has 2 fully saturated rings. The number of amides is 1. The molecule has 1 aliphatic carbocycles. The minimum Gasteiger partial charge on any atom is -0.478 e. The maximum absolute atomic E-state index is 13.0. The maximum atomic E-state index is 13.0. The highest BCUT2D eigenvalue weighted by molar-refractivity contribution is 7.80. The molecule has 130 valence electrons. The van der Waals surface area contributed by atoms with Crippen LogP contribution in [0.4, 0.5) is 0 Å². The van der Waals surface area contributed by atoms with Crippen LogP contribution in [0.1, 0.15) is 37.7 Å². The number of para-hydroxylation sites is 1. The molecule has 0 unspecified atom stereocenters. The monoisotopic (exact) mass is 355 g/mol. The molecule has 1 amide bonds. The van der Waals surface area contributed by atoms with Crippen LogP contribution in [0.3, 0.4) is 0 Å². The smallest absolute Gasteiger partial charge is 0.277 e. The molecule has 1 aromatic rings. The van der Waals surface area contributed by atoms with E-state index in [9.17, 15) is 4.79 Å². The Kier molecular flexibility index (Phi) is 5.34. The molecule has 0 spiro atoms. The predicted octanol–water partition coefficient (Wildman–Crippen LogP) is 3.32. The zero-order chi connectivity index (χ0) is 17.8. The van der Waals surface area contributed by atoms with Crippen molar-refractivity contribution < 1.29 is 9.53 Å². The summed E-state index contributed by atoms with van der Waals surface area (Å²) in [6.45, 7) is -0.0312. The van der Waals surface area contributed by atoms with Crippen LogP contribution >= 0.6 is 12.2 Å². The van der Waals surface area contributed by atoms with Crippen molar-refractivity contribution in [2.24, 2.45) is 0 Å². The maximum Gasteiger partial charge on any atom is 0.277 e. The van der Waals surface area contributed by atoms with E-state index >= 15 is 0 Å². The van der Waals surface area contributed by atoms with Crippen LogP contribution in [0.15, 0.2) is 30.0 Å². The van der Waals surface area contributed by atoms with Gasteiger partial charge in [0.05, 0.1) is 0 Å². The van der Waals surface area contributed by atoms with Gasteiger partial charge in [-0.3, -0.25) is 9.69 Å². The molecule has 1 saturated heterocycles. The van der Waals surface area contributed by atoms with Gasteiger partial charge in [-0.25, -0.2) is 0 Å². The summed E-state index contributed by atoms with van der Waals surface area (Å²) in [5.41, 5.74) is 1.31. The summed E-state index contributed by atoms with van der Waals surface area (Å²) < 4.78 is 5.46. The first kappa shape index (κ1) is 17.4. The molecule has 0 radical (unpaired) electrons. The molecular formula is C19H21N3O2S. The van der Waals surface area contributed by atoms with Crippen molar-refractivity contribution in [3.8, 4) is 11.8 Å². The Balaban J connectivity index is 1.89. The van der Waals surface area contributed by atoms with E-state index in [1.165, 1.54) is 6.42 Å². The number of thiocarbonyl (C=S) groups is 1. The van der Waals surface area contributed by atoms with E-state index in [0.717, 1.165) is 31.2 Å². The van der Waals surface area contributed by atoms with Crippen molar-refractivity contribution in [1.29, 1.82) is 5.26 Å². The Morgan fingerprint density at radius 3 is 2.76 bits per heavy atom. The Labute approximate surface area is 153 Å². The number of carbonyl (C=O) groups excluding carboxylic acids is 1. The number of carbonyl (C=O) groups is 1. The van der Waals surface area contributed by atoms with Crippen molar-refractivity contribution in [3.05, 3.63) is 35.5 Å². The van der Waals surface area contributed by atoms with Gasteiger partial charge in [0.1, 0.15) is 17.5 Å². The zero-order valence-corrected chi connectivity index (χ0v) is 15.1. The molecule has 1 aliphatic heterocycles. The van der Waals surface area contributed by atoms with E-state index in [2.05, 4.69) is 0 Å². The molecule has 3 rings (SSSR count). The van der Waals surface area contributed by atoms with Crippen molar-refractivity contribution >= 4 is 29.3 Å². The number of likely N-dealkylation sites (N-methyl/N-ethyl adjacent to an activating group) is 1. The van der Waals surface area contributed by atoms with E-state index in [4.69, 9.17) is 22.2 Å². The first-order valence-corrected chi connectivity index (χ1v) is 8.96. The summed E-state index contributed by atoms with van der Waals surface area (Å²) >= 11 is 5.53. The highest BCUT2D eigenvalue weighted by Gasteiger charge is 2.40. The Bertz CT molecular complexity index is 747. The molecule has 1 aromatic carbocycles. The molecule has 1 heterocycles. The number of hydrogen-bond donors (Lipinski definition) is 0. The third kappa shape index (κ3) is 3.52. The second kappa shape index (κ2) is 7.66. The average Bonchev–Trinajstić information content (AvgIpc) is 2.85. The fraction of sp³-hybridized carbons (Fsp3) is 0.421. The lowest BCUT2D eigenvalue weighted by Crippen LogP contribution is -2.41. The number of nitrogens with zero attached hydrogens (tertiary/aromatic N) is 3. The fourth-order valence-electron chi connectivity index (χ4n) is 3.43. The first-order chi connectivity index (χ1) is 12.1. The van der Waals surface area contributed by atoms with Gasteiger partial charge in [0.25, 0.3) is 5.91 Å². The molecule has 0 N–H and O–H groups in total. The van der Waals surface area contributed by atoms with Crippen molar-refractivity contribution in [2.45, 2.75) is 38.1 Å². The number of rotatable bonds is 4. The van der Waals surface area contributed by atoms with Gasteiger partial charge in [0.2, 0.25) is 0 Å². The average molecular weight is 355 g/mol. The number of ether oxygens (including phenoxy) is 1. The first-order valence-electron chi connectivity index (χ1n) is 8.55. The predicted molar refractivity (Wildman–Crippen MR) is 99.6 cm³/mol. The Morgan fingerprint density at radius 2 is 2.04 bits per heavy atom. The topological polar surface area (TPSA) is 56.6 Å². The van der Waals surface area contributed by atoms with Crippen molar-refractivity contribution in [2.75, 3.05) is 13.7 Å². The molecule has 0 bridgehead atoms. The third-order valence-corrected chi connectivity index (χ3v) is 5.21. The van der Waals surface area contributed by atoms with Crippen LogP contribution in [0, 0.1) is 11.3 Å². The van der Waals surface area contributed by atoms with E-state index in [1.807, 2.05) is 31.3 Å². The minimum atomic E-state index is -0.0468. The van der Waals surface area contributed by atoms with Crippen LogP contribution in [0.2, 0.25) is 0 Å². The van der Waals surface area contributed by atoms with Gasteiger partial charge in [0.15, 0.2) is 11.7 Å². The number of hydrogen-bond acceptors (Lipinski definition) is 4. The lowest BCUT2D eigenvalue weighted by Gasteiger charge is -2.30. The van der Waals surface area contributed by atoms with E-state index in [1.54, 1.807) is 21.9 Å². The van der Waals surface area contributed by atoms with Gasteiger partial charge in [-0.2, -0.15) is 5.26 Å². The number of benzene rings is 1. The summed E-state index contributed by atoms with van der Waals surface area (Å²) in [7, 11) is 1.83. The van der Waals surface area contributed by atoms with E-state index in [-0.39, 0.29) is 18.6 Å². The summed E-state index contributed by atoms with van der Waals surface area (Å²) in [5, 5.41) is 9.29. The van der Waals surface area contributed by atoms with Crippen molar-refractivity contribution in [1.82, 2.24) is 9.80 Å². The van der Waals surface area contributed by atoms with Gasteiger partial charge in [-0.1, -0.05) is 37.5 Å². The van der Waals surface area contributed by atoms with Gasteiger partial charge in [-0.15, -0.1) is 0 Å². The summed E-state index contributed by atoms with van der Waals surface area (Å²) in [6.07, 6.45) is 7.33. The molecule has 25 heavy (non-hydrogen) atoms.